The lowest BCUT2D eigenvalue weighted by Crippen LogP contribution is -2.16. The van der Waals surface area contributed by atoms with Gasteiger partial charge in [0, 0.05) is 11.6 Å². The first-order valence-corrected chi connectivity index (χ1v) is 6.20. The van der Waals surface area contributed by atoms with Gasteiger partial charge in [-0.3, -0.25) is 9.09 Å². The summed E-state index contributed by atoms with van der Waals surface area (Å²) in [5.41, 5.74) is 2.53. The number of hydrogen-bond donors (Lipinski definition) is 0. The van der Waals surface area contributed by atoms with Crippen molar-refractivity contribution in [2.24, 2.45) is 0 Å². The van der Waals surface area contributed by atoms with Crippen molar-refractivity contribution in [2.75, 3.05) is 0 Å². The van der Waals surface area contributed by atoms with E-state index < -0.39 is 5.76 Å². The summed E-state index contributed by atoms with van der Waals surface area (Å²) in [4.78, 5) is 11.8. The Morgan fingerprint density at radius 2 is 1.95 bits per heavy atom. The van der Waals surface area contributed by atoms with Crippen LogP contribution in [0.15, 0.2) is 44.2 Å². The van der Waals surface area contributed by atoms with Crippen LogP contribution in [0.4, 0.5) is 0 Å². The van der Waals surface area contributed by atoms with Gasteiger partial charge in [-0.15, -0.1) is 0 Å². The highest BCUT2D eigenvalue weighted by molar-refractivity contribution is 5.59. The SMILES string of the molecule is Cc1cc(Cn2c(-c3ccccc3C)noc2=O)no1. The molecule has 6 nitrogen and oxygen atoms in total. The number of benzene rings is 1. The zero-order valence-corrected chi connectivity index (χ0v) is 11.2. The normalized spacial score (nSPS) is 10.9. The molecule has 102 valence electrons. The van der Waals surface area contributed by atoms with Gasteiger partial charge in [-0.2, -0.15) is 0 Å². The molecule has 0 radical (unpaired) electrons. The lowest BCUT2D eigenvalue weighted by molar-refractivity contribution is 0.373. The van der Waals surface area contributed by atoms with Gasteiger partial charge in [0.2, 0.25) is 0 Å². The second kappa shape index (κ2) is 4.80. The van der Waals surface area contributed by atoms with Crippen LogP contribution in [0.1, 0.15) is 17.0 Å². The van der Waals surface area contributed by atoms with Crippen LogP contribution in [0, 0.1) is 13.8 Å². The topological polar surface area (TPSA) is 74.1 Å². The second-order valence-corrected chi connectivity index (χ2v) is 4.60. The van der Waals surface area contributed by atoms with Gasteiger partial charge in [-0.05, 0) is 19.4 Å². The summed E-state index contributed by atoms with van der Waals surface area (Å²) in [5, 5.41) is 7.75. The molecule has 0 spiro atoms. The number of nitrogens with zero attached hydrogens (tertiary/aromatic N) is 3. The van der Waals surface area contributed by atoms with Crippen molar-refractivity contribution in [3.8, 4) is 11.4 Å². The Balaban J connectivity index is 2.06. The van der Waals surface area contributed by atoms with Gasteiger partial charge >= 0.3 is 5.76 Å². The quantitative estimate of drug-likeness (QED) is 0.729. The molecule has 0 aliphatic rings. The second-order valence-electron chi connectivity index (χ2n) is 4.60. The first kappa shape index (κ1) is 12.4. The number of aryl methyl sites for hydroxylation is 2. The van der Waals surface area contributed by atoms with Crippen LogP contribution in [0.25, 0.3) is 11.4 Å². The smallest absolute Gasteiger partial charge is 0.361 e. The lowest BCUT2D eigenvalue weighted by Gasteiger charge is -2.04. The van der Waals surface area contributed by atoms with Crippen molar-refractivity contribution in [2.45, 2.75) is 20.4 Å². The Morgan fingerprint density at radius 1 is 1.15 bits per heavy atom. The Morgan fingerprint density at radius 3 is 2.65 bits per heavy atom. The Hall–Kier alpha value is -2.63. The monoisotopic (exact) mass is 271 g/mol. The van der Waals surface area contributed by atoms with E-state index in [9.17, 15) is 4.79 Å². The van der Waals surface area contributed by atoms with Crippen molar-refractivity contribution >= 4 is 0 Å². The molecule has 0 unspecified atom stereocenters. The fourth-order valence-electron chi connectivity index (χ4n) is 2.08. The van der Waals surface area contributed by atoms with E-state index in [1.54, 1.807) is 13.0 Å². The summed E-state index contributed by atoms with van der Waals surface area (Å²) in [6.07, 6.45) is 0. The highest BCUT2D eigenvalue weighted by Crippen LogP contribution is 2.20. The lowest BCUT2D eigenvalue weighted by atomic mass is 10.1. The van der Waals surface area contributed by atoms with E-state index >= 15 is 0 Å². The first-order valence-electron chi connectivity index (χ1n) is 6.20. The first-order chi connectivity index (χ1) is 9.65. The molecular formula is C14H13N3O3. The molecule has 0 saturated heterocycles. The summed E-state index contributed by atoms with van der Waals surface area (Å²) in [5.74, 6) is 0.680. The molecule has 2 heterocycles. The molecule has 0 amide bonds. The molecule has 6 heteroatoms. The van der Waals surface area contributed by atoms with Crippen LogP contribution in [0.5, 0.6) is 0 Å². The molecule has 1 aromatic carbocycles. The van der Waals surface area contributed by atoms with Crippen molar-refractivity contribution in [3.05, 3.63) is 57.9 Å². The summed E-state index contributed by atoms with van der Waals surface area (Å²) >= 11 is 0. The predicted octanol–water partition coefficient (Wildman–Crippen LogP) is 2.16. The minimum Gasteiger partial charge on any atom is -0.361 e. The summed E-state index contributed by atoms with van der Waals surface area (Å²) < 4.78 is 11.2. The molecule has 2 aromatic heterocycles. The molecule has 0 saturated carbocycles. The minimum absolute atomic E-state index is 0.267. The van der Waals surface area contributed by atoms with E-state index in [1.165, 1.54) is 4.57 Å². The maximum Gasteiger partial charge on any atom is 0.442 e. The molecule has 0 fully saturated rings. The molecular weight excluding hydrogens is 258 g/mol. The van der Waals surface area contributed by atoms with E-state index in [2.05, 4.69) is 10.3 Å². The number of rotatable bonds is 3. The highest BCUT2D eigenvalue weighted by Gasteiger charge is 2.16. The van der Waals surface area contributed by atoms with E-state index in [4.69, 9.17) is 9.05 Å². The third kappa shape index (κ3) is 2.16. The molecule has 3 aromatic rings. The fourth-order valence-corrected chi connectivity index (χ4v) is 2.08. The van der Waals surface area contributed by atoms with Gasteiger partial charge in [-0.25, -0.2) is 4.79 Å². The van der Waals surface area contributed by atoms with Crippen LogP contribution >= 0.6 is 0 Å². The molecule has 0 aliphatic heterocycles. The predicted molar refractivity (Wildman–Crippen MR) is 71.3 cm³/mol. The van der Waals surface area contributed by atoms with Gasteiger partial charge < -0.3 is 4.52 Å². The zero-order valence-electron chi connectivity index (χ0n) is 11.2. The third-order valence-electron chi connectivity index (χ3n) is 3.07. The van der Waals surface area contributed by atoms with Crippen LogP contribution in [0.2, 0.25) is 0 Å². The van der Waals surface area contributed by atoms with Crippen LogP contribution in [0.3, 0.4) is 0 Å². The van der Waals surface area contributed by atoms with E-state index in [0.717, 1.165) is 11.1 Å². The summed E-state index contributed by atoms with van der Waals surface area (Å²) in [6.45, 7) is 4.03. The van der Waals surface area contributed by atoms with Gasteiger partial charge in [0.05, 0.1) is 6.54 Å². The Kier molecular flexibility index (Phi) is 2.98. The zero-order chi connectivity index (χ0) is 14.1. The molecule has 20 heavy (non-hydrogen) atoms. The maximum absolute atomic E-state index is 11.8. The van der Waals surface area contributed by atoms with E-state index in [0.29, 0.717) is 17.3 Å². The molecule has 3 rings (SSSR count). The van der Waals surface area contributed by atoms with Gasteiger partial charge in [0.15, 0.2) is 5.82 Å². The fraction of sp³-hybridized carbons (Fsp3) is 0.214. The van der Waals surface area contributed by atoms with Crippen LogP contribution in [-0.4, -0.2) is 14.9 Å². The molecule has 0 aliphatic carbocycles. The summed E-state index contributed by atoms with van der Waals surface area (Å²) in [7, 11) is 0. The average molecular weight is 271 g/mol. The summed E-state index contributed by atoms with van der Waals surface area (Å²) in [6, 6.07) is 9.46. The third-order valence-corrected chi connectivity index (χ3v) is 3.07. The van der Waals surface area contributed by atoms with Crippen molar-refractivity contribution in [1.29, 1.82) is 0 Å². The standard InChI is InChI=1S/C14H13N3O3/c1-9-5-3-4-6-12(9)13-16-20-14(18)17(13)8-11-7-10(2)19-15-11/h3-7H,8H2,1-2H3. The number of hydrogen-bond acceptors (Lipinski definition) is 5. The molecule has 0 N–H and O–H groups in total. The van der Waals surface area contributed by atoms with Crippen molar-refractivity contribution in [1.82, 2.24) is 14.9 Å². The minimum atomic E-state index is -0.510. The van der Waals surface area contributed by atoms with Gasteiger partial charge in [-0.1, -0.05) is 34.6 Å². The highest BCUT2D eigenvalue weighted by atomic mass is 16.5. The van der Waals surface area contributed by atoms with E-state index in [-0.39, 0.29) is 6.54 Å². The average Bonchev–Trinajstić information content (AvgIpc) is 2.99. The maximum atomic E-state index is 11.8. The van der Waals surface area contributed by atoms with Gasteiger partial charge in [0.25, 0.3) is 0 Å². The molecule has 0 bridgehead atoms. The van der Waals surface area contributed by atoms with E-state index in [1.807, 2.05) is 31.2 Å². The van der Waals surface area contributed by atoms with Crippen molar-refractivity contribution in [3.63, 3.8) is 0 Å². The van der Waals surface area contributed by atoms with Crippen LogP contribution in [-0.2, 0) is 6.54 Å². The van der Waals surface area contributed by atoms with Crippen LogP contribution < -0.4 is 5.76 Å². The van der Waals surface area contributed by atoms with Gasteiger partial charge in [0.1, 0.15) is 11.5 Å². The largest absolute Gasteiger partial charge is 0.442 e. The number of aromatic nitrogens is 3. The molecule has 0 atom stereocenters. The Bertz CT molecular complexity index is 798. The Labute approximate surface area is 114 Å². The van der Waals surface area contributed by atoms with Crippen molar-refractivity contribution < 1.29 is 9.05 Å².